The molecule has 1 aliphatic carbocycles. The smallest absolute Gasteiger partial charge is 0.227 e. The minimum absolute atomic E-state index is 0.0937. The highest BCUT2D eigenvalue weighted by Gasteiger charge is 2.61. The summed E-state index contributed by atoms with van der Waals surface area (Å²) >= 11 is 0. The Morgan fingerprint density at radius 3 is 2.73 bits per heavy atom. The Morgan fingerprint density at radius 1 is 1.41 bits per heavy atom. The van der Waals surface area contributed by atoms with Crippen LogP contribution in [0.1, 0.15) is 52.1 Å². The van der Waals surface area contributed by atoms with Gasteiger partial charge in [-0.15, -0.1) is 0 Å². The lowest BCUT2D eigenvalue weighted by Gasteiger charge is -2.24. The fourth-order valence-electron chi connectivity index (χ4n) is 3.99. The Morgan fingerprint density at radius 2 is 2.14 bits per heavy atom. The van der Waals surface area contributed by atoms with Crippen molar-refractivity contribution in [2.75, 3.05) is 6.54 Å². The maximum absolute atomic E-state index is 13.1. The number of nitrogens with zero attached hydrogens (tertiary/aromatic N) is 3. The van der Waals surface area contributed by atoms with Crippen LogP contribution in [-0.2, 0) is 11.8 Å². The molecule has 4 heteroatoms. The molecule has 0 unspecified atom stereocenters. The molecule has 1 saturated carbocycles. The van der Waals surface area contributed by atoms with E-state index in [1.165, 1.54) is 11.1 Å². The maximum Gasteiger partial charge on any atom is 0.227 e. The maximum atomic E-state index is 13.1. The van der Waals surface area contributed by atoms with Gasteiger partial charge in [0, 0.05) is 25.4 Å². The normalized spacial score (nSPS) is 29.5. The van der Waals surface area contributed by atoms with Crippen LogP contribution in [0.2, 0.25) is 0 Å². The highest BCUT2D eigenvalue weighted by molar-refractivity contribution is 5.84. The fourth-order valence-corrected chi connectivity index (χ4v) is 3.99. The second-order valence-electron chi connectivity index (χ2n) is 7.71. The number of hydrogen-bond donors (Lipinski definition) is 0. The lowest BCUT2D eigenvalue weighted by Crippen LogP contribution is -2.33. The van der Waals surface area contributed by atoms with E-state index in [9.17, 15) is 4.79 Å². The summed E-state index contributed by atoms with van der Waals surface area (Å²) < 4.78 is 1.82. The minimum atomic E-state index is 0.0937. The summed E-state index contributed by atoms with van der Waals surface area (Å²) in [6, 6.07) is 0.213. The van der Waals surface area contributed by atoms with E-state index in [1.807, 2.05) is 24.1 Å². The summed E-state index contributed by atoms with van der Waals surface area (Å²) in [5.74, 6) is 0.860. The Bertz CT molecular complexity index is 610. The number of rotatable bonds is 3. The van der Waals surface area contributed by atoms with Crippen LogP contribution in [0, 0.1) is 17.3 Å². The third-order valence-electron chi connectivity index (χ3n) is 5.34. The van der Waals surface area contributed by atoms with E-state index in [1.54, 1.807) is 0 Å². The molecule has 1 saturated heterocycles. The van der Waals surface area contributed by atoms with Gasteiger partial charge in [-0.3, -0.25) is 9.48 Å². The summed E-state index contributed by atoms with van der Waals surface area (Å²) in [4.78, 5) is 15.2. The molecule has 22 heavy (non-hydrogen) atoms. The third-order valence-corrected chi connectivity index (χ3v) is 5.34. The first-order valence-corrected chi connectivity index (χ1v) is 8.26. The van der Waals surface area contributed by atoms with Gasteiger partial charge in [-0.05, 0) is 38.0 Å². The van der Waals surface area contributed by atoms with Crippen molar-refractivity contribution in [3.63, 3.8) is 0 Å². The third kappa shape index (κ3) is 2.49. The molecule has 2 heterocycles. The molecule has 3 atom stereocenters. The van der Waals surface area contributed by atoms with Crippen molar-refractivity contribution in [2.45, 2.75) is 46.6 Å². The molecule has 1 amide bonds. The molecular weight excluding hydrogens is 274 g/mol. The second-order valence-corrected chi connectivity index (χ2v) is 7.71. The molecule has 1 aromatic heterocycles. The summed E-state index contributed by atoms with van der Waals surface area (Å²) in [5.41, 5.74) is 2.57. The van der Waals surface area contributed by atoms with Gasteiger partial charge in [0.25, 0.3) is 0 Å². The van der Waals surface area contributed by atoms with Crippen molar-refractivity contribution in [1.82, 2.24) is 14.7 Å². The number of likely N-dealkylation sites (tertiary alicyclic amines) is 1. The van der Waals surface area contributed by atoms with Gasteiger partial charge in [-0.2, -0.15) is 5.10 Å². The molecule has 120 valence electrons. The van der Waals surface area contributed by atoms with Gasteiger partial charge in [0.1, 0.15) is 0 Å². The number of amides is 1. The highest BCUT2D eigenvalue weighted by atomic mass is 16.2. The Labute approximate surface area is 133 Å². The Hall–Kier alpha value is -1.58. The van der Waals surface area contributed by atoms with Crippen LogP contribution in [0.5, 0.6) is 0 Å². The first-order valence-electron chi connectivity index (χ1n) is 8.26. The molecule has 0 aromatic carbocycles. The molecular formula is C18H27N3O. The standard InChI is InChI=1S/C18H27N3O/c1-12(2)9-14-16(18(14,3)4)17(22)21-8-6-7-15(21)13-10-19-20(5)11-13/h9-11,14-16H,6-8H2,1-5H3/t14-,15+,16+/m1/s1. The number of carbonyl (C=O) groups excluding carboxylic acids is 1. The topological polar surface area (TPSA) is 38.1 Å². The van der Waals surface area contributed by atoms with E-state index in [0.717, 1.165) is 19.4 Å². The monoisotopic (exact) mass is 301 g/mol. The van der Waals surface area contributed by atoms with Crippen LogP contribution in [0.4, 0.5) is 0 Å². The van der Waals surface area contributed by atoms with E-state index in [2.05, 4.69) is 43.8 Å². The van der Waals surface area contributed by atoms with Crippen molar-refractivity contribution >= 4 is 5.91 Å². The number of allylic oxidation sites excluding steroid dienone is 2. The van der Waals surface area contributed by atoms with Crippen molar-refractivity contribution in [1.29, 1.82) is 0 Å². The molecule has 1 aromatic rings. The zero-order chi connectivity index (χ0) is 16.1. The lowest BCUT2D eigenvalue weighted by molar-refractivity contribution is -0.134. The lowest BCUT2D eigenvalue weighted by atomic mass is 10.1. The number of hydrogen-bond acceptors (Lipinski definition) is 2. The van der Waals surface area contributed by atoms with Gasteiger partial charge >= 0.3 is 0 Å². The number of aromatic nitrogens is 2. The number of aryl methyl sites for hydroxylation is 1. The zero-order valence-electron chi connectivity index (χ0n) is 14.3. The molecule has 4 nitrogen and oxygen atoms in total. The summed E-state index contributed by atoms with van der Waals surface area (Å²) in [6.07, 6.45) is 8.37. The van der Waals surface area contributed by atoms with Crippen LogP contribution in [0.3, 0.4) is 0 Å². The van der Waals surface area contributed by atoms with Crippen molar-refractivity contribution in [3.05, 3.63) is 29.6 Å². The van der Waals surface area contributed by atoms with Crippen molar-refractivity contribution in [3.8, 4) is 0 Å². The highest BCUT2D eigenvalue weighted by Crippen LogP contribution is 2.60. The van der Waals surface area contributed by atoms with Crippen LogP contribution in [-0.4, -0.2) is 27.1 Å². The fraction of sp³-hybridized carbons (Fsp3) is 0.667. The van der Waals surface area contributed by atoms with E-state index in [-0.39, 0.29) is 17.4 Å². The quantitative estimate of drug-likeness (QED) is 0.803. The summed E-state index contributed by atoms with van der Waals surface area (Å²) in [7, 11) is 1.93. The van der Waals surface area contributed by atoms with Gasteiger partial charge in [0.2, 0.25) is 5.91 Å². The largest absolute Gasteiger partial charge is 0.335 e. The molecule has 2 aliphatic rings. The molecule has 0 bridgehead atoms. The van der Waals surface area contributed by atoms with E-state index >= 15 is 0 Å². The van der Waals surface area contributed by atoms with E-state index in [4.69, 9.17) is 0 Å². The molecule has 0 radical (unpaired) electrons. The van der Waals surface area contributed by atoms with Crippen LogP contribution < -0.4 is 0 Å². The van der Waals surface area contributed by atoms with Crippen molar-refractivity contribution in [2.24, 2.45) is 24.3 Å². The van der Waals surface area contributed by atoms with E-state index in [0.29, 0.717) is 11.8 Å². The molecule has 1 aliphatic heterocycles. The average Bonchev–Trinajstić information content (AvgIpc) is 2.85. The predicted molar refractivity (Wildman–Crippen MR) is 87.1 cm³/mol. The Balaban J connectivity index is 1.79. The zero-order valence-corrected chi connectivity index (χ0v) is 14.3. The van der Waals surface area contributed by atoms with Gasteiger partial charge in [0.15, 0.2) is 0 Å². The van der Waals surface area contributed by atoms with Gasteiger partial charge < -0.3 is 4.90 Å². The minimum Gasteiger partial charge on any atom is -0.335 e. The second kappa shape index (κ2) is 5.25. The molecule has 0 spiro atoms. The van der Waals surface area contributed by atoms with Gasteiger partial charge in [0.05, 0.1) is 18.2 Å². The van der Waals surface area contributed by atoms with Crippen LogP contribution in [0.15, 0.2) is 24.0 Å². The van der Waals surface area contributed by atoms with E-state index < -0.39 is 0 Å². The SMILES string of the molecule is CC(C)=C[C@@H]1[C@@H](C(=O)N2CCC[C@H]2c2cnn(C)c2)C1(C)C. The molecule has 0 N–H and O–H groups in total. The first kappa shape index (κ1) is 15.3. The first-order chi connectivity index (χ1) is 10.3. The molecule has 2 fully saturated rings. The summed E-state index contributed by atoms with van der Waals surface area (Å²) in [5, 5.41) is 4.27. The van der Waals surface area contributed by atoms with Gasteiger partial charge in [-0.25, -0.2) is 0 Å². The molecule has 3 rings (SSSR count). The van der Waals surface area contributed by atoms with Crippen LogP contribution >= 0.6 is 0 Å². The number of carbonyl (C=O) groups is 1. The summed E-state index contributed by atoms with van der Waals surface area (Å²) in [6.45, 7) is 9.55. The predicted octanol–water partition coefficient (Wildman–Crippen LogP) is 3.32. The Kier molecular flexibility index (Phi) is 3.66. The average molecular weight is 301 g/mol. The van der Waals surface area contributed by atoms with Crippen molar-refractivity contribution < 1.29 is 4.79 Å². The van der Waals surface area contributed by atoms with Gasteiger partial charge in [-0.1, -0.05) is 25.5 Å². The van der Waals surface area contributed by atoms with Crippen LogP contribution in [0.25, 0.3) is 0 Å².